The number of nitrogens with zero attached hydrogens (tertiary/aromatic N) is 5. The highest BCUT2D eigenvalue weighted by atomic mass is 35.5. The molecule has 142 valence electrons. The van der Waals surface area contributed by atoms with E-state index in [0.29, 0.717) is 24.7 Å². The number of halogens is 5. The minimum Gasteiger partial charge on any atom is -0.364 e. The number of imidazole rings is 1. The first-order valence-electron chi connectivity index (χ1n) is 8.23. The molecule has 0 saturated carbocycles. The summed E-state index contributed by atoms with van der Waals surface area (Å²) in [6, 6.07) is 3.56. The van der Waals surface area contributed by atoms with Crippen molar-refractivity contribution >= 4 is 22.9 Å². The highest BCUT2D eigenvalue weighted by molar-refractivity contribution is 6.30. The Bertz CT molecular complexity index is 974. The van der Waals surface area contributed by atoms with Crippen LogP contribution in [-0.4, -0.2) is 45.4 Å². The number of anilines is 1. The number of aromatic nitrogens is 3. The number of rotatable bonds is 3. The van der Waals surface area contributed by atoms with E-state index in [4.69, 9.17) is 11.6 Å². The number of piperazine rings is 1. The summed E-state index contributed by atoms with van der Waals surface area (Å²) in [5.41, 5.74) is 0.881. The quantitative estimate of drug-likeness (QED) is 0.500. The molecule has 0 unspecified atom stereocenters. The van der Waals surface area contributed by atoms with E-state index in [0.717, 1.165) is 11.3 Å². The van der Waals surface area contributed by atoms with Gasteiger partial charge in [-0.3, -0.25) is 4.90 Å². The van der Waals surface area contributed by atoms with E-state index in [9.17, 15) is 17.6 Å². The van der Waals surface area contributed by atoms with Crippen molar-refractivity contribution in [1.82, 2.24) is 19.3 Å². The number of hydrogen-bond acceptors (Lipinski definition) is 4. The summed E-state index contributed by atoms with van der Waals surface area (Å²) in [7, 11) is 0. The molecular formula is C17H14ClF4N5. The second-order valence-electron chi connectivity index (χ2n) is 6.28. The lowest BCUT2D eigenvalue weighted by molar-refractivity contribution is 0.245. The predicted octanol–water partition coefficient (Wildman–Crippen LogP) is 3.26. The van der Waals surface area contributed by atoms with Crippen molar-refractivity contribution in [2.24, 2.45) is 0 Å². The molecule has 0 spiro atoms. The molecule has 0 amide bonds. The Balaban J connectivity index is 1.46. The fraction of sp³-hybridized carbons (Fsp3) is 0.294. The Labute approximate surface area is 156 Å². The third-order valence-electron chi connectivity index (χ3n) is 4.51. The standard InChI is InChI=1S/C17H14ClF4N5/c18-10-1-2-12-23-11(9-27(12)7-10)8-25-3-5-26(6-4-25)15-13(19)16(21)24-17(22)14(15)20/h1-2,7,9H,3-6,8H2. The van der Waals surface area contributed by atoms with Crippen molar-refractivity contribution in [3.8, 4) is 0 Å². The molecule has 0 atom stereocenters. The van der Waals surface area contributed by atoms with Gasteiger partial charge >= 0.3 is 0 Å². The molecule has 27 heavy (non-hydrogen) atoms. The van der Waals surface area contributed by atoms with Crippen LogP contribution in [0.1, 0.15) is 5.69 Å². The van der Waals surface area contributed by atoms with Crippen molar-refractivity contribution in [2.45, 2.75) is 6.54 Å². The minimum atomic E-state index is -1.64. The van der Waals surface area contributed by atoms with Crippen LogP contribution in [0.15, 0.2) is 24.5 Å². The van der Waals surface area contributed by atoms with Crippen LogP contribution in [0.3, 0.4) is 0 Å². The molecule has 3 aromatic heterocycles. The first kappa shape index (κ1) is 18.0. The van der Waals surface area contributed by atoms with Gasteiger partial charge in [-0.1, -0.05) is 11.6 Å². The van der Waals surface area contributed by atoms with Gasteiger partial charge in [-0.15, -0.1) is 0 Å². The second-order valence-corrected chi connectivity index (χ2v) is 6.71. The molecule has 1 saturated heterocycles. The van der Waals surface area contributed by atoms with Crippen LogP contribution in [-0.2, 0) is 6.54 Å². The summed E-state index contributed by atoms with van der Waals surface area (Å²) < 4.78 is 56.3. The zero-order chi connectivity index (χ0) is 19.1. The van der Waals surface area contributed by atoms with Gasteiger partial charge in [0, 0.05) is 45.1 Å². The molecule has 0 aromatic carbocycles. The summed E-state index contributed by atoms with van der Waals surface area (Å²) in [5, 5.41) is 0.598. The normalized spacial score (nSPS) is 15.7. The van der Waals surface area contributed by atoms with Crippen molar-refractivity contribution in [1.29, 1.82) is 0 Å². The second kappa shape index (κ2) is 6.97. The zero-order valence-corrected chi connectivity index (χ0v) is 14.7. The maximum absolute atomic E-state index is 13.9. The van der Waals surface area contributed by atoms with E-state index in [1.165, 1.54) is 4.90 Å². The lowest BCUT2D eigenvalue weighted by Gasteiger charge is -2.35. The molecule has 1 aliphatic rings. The molecule has 3 aromatic rings. The predicted molar refractivity (Wildman–Crippen MR) is 91.8 cm³/mol. The Morgan fingerprint density at radius 1 is 0.889 bits per heavy atom. The zero-order valence-electron chi connectivity index (χ0n) is 14.0. The lowest BCUT2D eigenvalue weighted by atomic mass is 10.2. The Hall–Kier alpha value is -2.39. The number of hydrogen-bond donors (Lipinski definition) is 0. The Kier molecular flexibility index (Phi) is 4.65. The van der Waals surface area contributed by atoms with Gasteiger partial charge in [0.25, 0.3) is 11.9 Å². The van der Waals surface area contributed by atoms with Crippen molar-refractivity contribution in [3.63, 3.8) is 0 Å². The van der Waals surface area contributed by atoms with Gasteiger partial charge in [-0.25, -0.2) is 4.98 Å². The van der Waals surface area contributed by atoms with Crippen LogP contribution in [0.4, 0.5) is 23.2 Å². The highest BCUT2D eigenvalue weighted by Crippen LogP contribution is 2.27. The molecule has 4 heterocycles. The Morgan fingerprint density at radius 3 is 2.22 bits per heavy atom. The summed E-state index contributed by atoms with van der Waals surface area (Å²) in [6.07, 6.45) is 3.62. The molecular weight excluding hydrogens is 386 g/mol. The van der Waals surface area contributed by atoms with Crippen LogP contribution in [0.2, 0.25) is 5.02 Å². The molecule has 0 bridgehead atoms. The minimum absolute atomic E-state index is 0.218. The molecule has 0 aliphatic carbocycles. The largest absolute Gasteiger partial charge is 0.364 e. The maximum atomic E-state index is 13.9. The topological polar surface area (TPSA) is 36.7 Å². The monoisotopic (exact) mass is 399 g/mol. The van der Waals surface area contributed by atoms with Gasteiger partial charge in [0.2, 0.25) is 11.6 Å². The summed E-state index contributed by atoms with van der Waals surface area (Å²) in [4.78, 5) is 10.4. The lowest BCUT2D eigenvalue weighted by Crippen LogP contribution is -2.46. The van der Waals surface area contributed by atoms with Gasteiger partial charge in [-0.2, -0.15) is 22.5 Å². The van der Waals surface area contributed by atoms with Crippen molar-refractivity contribution in [2.75, 3.05) is 31.1 Å². The van der Waals surface area contributed by atoms with Crippen LogP contribution >= 0.6 is 11.6 Å². The average Bonchev–Trinajstić information content (AvgIpc) is 3.03. The van der Waals surface area contributed by atoms with Gasteiger partial charge in [0.1, 0.15) is 11.3 Å². The molecule has 0 N–H and O–H groups in total. The van der Waals surface area contributed by atoms with E-state index in [1.807, 2.05) is 21.6 Å². The average molecular weight is 400 g/mol. The smallest absolute Gasteiger partial charge is 0.253 e. The fourth-order valence-corrected chi connectivity index (χ4v) is 3.37. The van der Waals surface area contributed by atoms with Crippen LogP contribution < -0.4 is 4.90 Å². The molecule has 1 fully saturated rings. The third-order valence-corrected chi connectivity index (χ3v) is 4.74. The van der Waals surface area contributed by atoms with Gasteiger partial charge in [0.05, 0.1) is 10.7 Å². The van der Waals surface area contributed by atoms with E-state index in [1.54, 1.807) is 12.3 Å². The van der Waals surface area contributed by atoms with E-state index >= 15 is 0 Å². The molecule has 0 radical (unpaired) electrons. The molecule has 1 aliphatic heterocycles. The van der Waals surface area contributed by atoms with E-state index in [-0.39, 0.29) is 13.1 Å². The first-order chi connectivity index (χ1) is 12.9. The van der Waals surface area contributed by atoms with Gasteiger partial charge in [-0.05, 0) is 12.1 Å². The fourth-order valence-electron chi connectivity index (χ4n) is 3.21. The third kappa shape index (κ3) is 3.44. The maximum Gasteiger partial charge on any atom is 0.253 e. The SMILES string of the molecule is Fc1nc(F)c(F)c(N2CCN(Cc3cn4cc(Cl)ccc4n3)CC2)c1F. The molecule has 4 rings (SSSR count). The van der Waals surface area contributed by atoms with Crippen molar-refractivity contribution in [3.05, 3.63) is 58.8 Å². The number of fused-ring (bicyclic) bond motifs is 1. The summed E-state index contributed by atoms with van der Waals surface area (Å²) in [6.45, 7) is 1.89. The first-order valence-corrected chi connectivity index (χ1v) is 8.60. The van der Waals surface area contributed by atoms with Crippen LogP contribution in [0.25, 0.3) is 5.65 Å². The summed E-state index contributed by atoms with van der Waals surface area (Å²) in [5.74, 6) is -6.23. The number of pyridine rings is 2. The van der Waals surface area contributed by atoms with Crippen molar-refractivity contribution < 1.29 is 17.6 Å². The molecule has 10 heteroatoms. The van der Waals surface area contributed by atoms with Gasteiger partial charge in [0.15, 0.2) is 0 Å². The van der Waals surface area contributed by atoms with E-state index < -0.39 is 29.2 Å². The summed E-state index contributed by atoms with van der Waals surface area (Å²) >= 11 is 5.96. The van der Waals surface area contributed by atoms with Gasteiger partial charge < -0.3 is 9.30 Å². The van der Waals surface area contributed by atoms with Crippen LogP contribution in [0.5, 0.6) is 0 Å². The Morgan fingerprint density at radius 2 is 1.56 bits per heavy atom. The molecule has 5 nitrogen and oxygen atoms in total. The van der Waals surface area contributed by atoms with E-state index in [2.05, 4.69) is 9.97 Å². The van der Waals surface area contributed by atoms with Crippen LogP contribution in [0, 0.1) is 23.5 Å². The highest BCUT2D eigenvalue weighted by Gasteiger charge is 2.28.